The number of nitrogens with two attached hydrogens (primary N) is 1. The van der Waals surface area contributed by atoms with Crippen LogP contribution in [0.15, 0.2) is 60.4 Å². The van der Waals surface area contributed by atoms with Gasteiger partial charge in [-0.3, -0.25) is 4.98 Å². The zero-order valence-electron chi connectivity index (χ0n) is 15.0. The van der Waals surface area contributed by atoms with Crippen molar-refractivity contribution in [3.63, 3.8) is 0 Å². The highest BCUT2D eigenvalue weighted by molar-refractivity contribution is 5.78. The maximum absolute atomic E-state index is 6.06. The molecule has 0 fully saturated rings. The van der Waals surface area contributed by atoms with Crippen molar-refractivity contribution in [3.05, 3.63) is 66.5 Å². The zero-order chi connectivity index (χ0) is 17.7. The average Bonchev–Trinajstić information content (AvgIpc) is 2.55. The van der Waals surface area contributed by atoms with Crippen LogP contribution in [0.4, 0.5) is 0 Å². The molecule has 0 saturated heterocycles. The Labute approximate surface area is 144 Å². The Bertz CT molecular complexity index is 749. The average molecular weight is 322 g/mol. The van der Waals surface area contributed by atoms with Crippen LogP contribution >= 0.6 is 0 Å². The van der Waals surface area contributed by atoms with Crippen molar-refractivity contribution in [1.82, 2.24) is 9.88 Å². The predicted octanol–water partition coefficient (Wildman–Crippen LogP) is 3.72. The van der Waals surface area contributed by atoms with Gasteiger partial charge in [0.2, 0.25) is 0 Å². The van der Waals surface area contributed by atoms with Gasteiger partial charge in [0.05, 0.1) is 5.54 Å². The summed E-state index contributed by atoms with van der Waals surface area (Å²) in [5.74, 6) is 0.486. The number of hydrogen-bond donors (Lipinski definition) is 1. The van der Waals surface area contributed by atoms with Crippen LogP contribution in [0.3, 0.4) is 0 Å². The van der Waals surface area contributed by atoms with E-state index in [9.17, 15) is 0 Å². The molecule has 0 aliphatic heterocycles. The molecule has 2 N–H and O–H groups in total. The topological polar surface area (TPSA) is 54.5 Å². The summed E-state index contributed by atoms with van der Waals surface area (Å²) < 4.78 is 0. The Kier molecular flexibility index (Phi) is 5.39. The van der Waals surface area contributed by atoms with E-state index in [1.54, 1.807) is 4.90 Å². The first-order valence-electron chi connectivity index (χ1n) is 8.02. The van der Waals surface area contributed by atoms with Gasteiger partial charge in [0.15, 0.2) is 5.96 Å². The van der Waals surface area contributed by atoms with Crippen molar-refractivity contribution in [2.75, 3.05) is 14.1 Å². The molecule has 0 amide bonds. The number of aromatic nitrogens is 1. The van der Waals surface area contributed by atoms with E-state index in [2.05, 4.69) is 55.7 Å². The molecular weight excluding hydrogens is 296 g/mol. The van der Waals surface area contributed by atoms with Gasteiger partial charge in [-0.05, 0) is 37.5 Å². The smallest absolute Gasteiger partial charge is 0.191 e. The van der Waals surface area contributed by atoms with Crippen LogP contribution in [-0.4, -0.2) is 29.9 Å². The van der Waals surface area contributed by atoms with E-state index < -0.39 is 5.54 Å². The first-order valence-corrected chi connectivity index (χ1v) is 8.02. The van der Waals surface area contributed by atoms with Gasteiger partial charge in [-0.2, -0.15) is 0 Å². The molecule has 2 rings (SSSR count). The Hall–Kier alpha value is -2.62. The van der Waals surface area contributed by atoms with Crippen molar-refractivity contribution < 1.29 is 0 Å². The van der Waals surface area contributed by atoms with E-state index in [1.807, 2.05) is 32.6 Å². The lowest BCUT2D eigenvalue weighted by Crippen LogP contribution is -2.34. The summed E-state index contributed by atoms with van der Waals surface area (Å²) in [6, 6.07) is 10.5. The third-order valence-electron chi connectivity index (χ3n) is 4.07. The number of rotatable bonds is 5. The predicted molar refractivity (Wildman–Crippen MR) is 102 cm³/mol. The molecular formula is C20H26N4. The summed E-state index contributed by atoms with van der Waals surface area (Å²) in [5.41, 5.74) is 10.0. The summed E-state index contributed by atoms with van der Waals surface area (Å²) in [6.07, 6.45) is 6.28. The lowest BCUT2D eigenvalue weighted by molar-refractivity contribution is 0.485. The van der Waals surface area contributed by atoms with Gasteiger partial charge >= 0.3 is 0 Å². The third kappa shape index (κ3) is 4.02. The van der Waals surface area contributed by atoms with Gasteiger partial charge in [0, 0.05) is 32.1 Å². The highest BCUT2D eigenvalue weighted by atomic mass is 15.2. The van der Waals surface area contributed by atoms with Crippen molar-refractivity contribution in [1.29, 1.82) is 0 Å². The van der Waals surface area contributed by atoms with Crippen LogP contribution < -0.4 is 5.73 Å². The molecule has 0 saturated carbocycles. The highest BCUT2D eigenvalue weighted by Gasteiger charge is 2.26. The second kappa shape index (κ2) is 7.30. The molecule has 126 valence electrons. The van der Waals surface area contributed by atoms with Gasteiger partial charge in [-0.25, -0.2) is 4.99 Å². The molecule has 4 nitrogen and oxygen atoms in total. The first-order chi connectivity index (χ1) is 11.4. The van der Waals surface area contributed by atoms with Crippen molar-refractivity contribution >= 4 is 5.96 Å². The maximum atomic E-state index is 6.06. The summed E-state index contributed by atoms with van der Waals surface area (Å²) in [7, 11) is 3.77. The van der Waals surface area contributed by atoms with E-state index >= 15 is 0 Å². The second-order valence-electron chi connectivity index (χ2n) is 6.46. The minimum atomic E-state index is -0.497. The fourth-order valence-electron chi connectivity index (χ4n) is 2.58. The molecule has 24 heavy (non-hydrogen) atoms. The van der Waals surface area contributed by atoms with Gasteiger partial charge in [-0.1, -0.05) is 35.9 Å². The van der Waals surface area contributed by atoms with Crippen molar-refractivity contribution in [2.45, 2.75) is 25.8 Å². The standard InChI is InChI=1S/C20H26N4/c1-6-10-20(3,23-19(21)24(4)5)18-12-17(13-22-14-18)16-9-7-8-15(2)11-16/h6-9,11-14H,1,10H2,2-5H3,(H2,21,23)/t20-/m0/s1. The molecule has 1 atom stereocenters. The minimum Gasteiger partial charge on any atom is -0.370 e. The van der Waals surface area contributed by atoms with Gasteiger partial charge in [0.1, 0.15) is 0 Å². The summed E-state index contributed by atoms with van der Waals surface area (Å²) in [4.78, 5) is 11.0. The molecule has 0 unspecified atom stereocenters. The van der Waals surface area contributed by atoms with E-state index in [4.69, 9.17) is 10.7 Å². The number of nitrogens with zero attached hydrogens (tertiary/aromatic N) is 3. The molecule has 2 aromatic rings. The molecule has 0 aliphatic rings. The quantitative estimate of drug-likeness (QED) is 0.518. The van der Waals surface area contributed by atoms with E-state index in [-0.39, 0.29) is 0 Å². The largest absolute Gasteiger partial charge is 0.370 e. The lowest BCUT2D eigenvalue weighted by Gasteiger charge is -2.27. The number of pyridine rings is 1. The van der Waals surface area contributed by atoms with E-state index in [1.165, 1.54) is 5.56 Å². The van der Waals surface area contributed by atoms with Crippen LogP contribution in [-0.2, 0) is 5.54 Å². The molecule has 0 aliphatic carbocycles. The Morgan fingerprint density at radius 2 is 2.04 bits per heavy atom. The summed E-state index contributed by atoms with van der Waals surface area (Å²) in [5, 5.41) is 0. The summed E-state index contributed by atoms with van der Waals surface area (Å²) in [6.45, 7) is 8.02. The molecule has 1 aromatic heterocycles. The maximum Gasteiger partial charge on any atom is 0.191 e. The van der Waals surface area contributed by atoms with E-state index in [0.717, 1.165) is 16.7 Å². The molecule has 1 aromatic carbocycles. The molecule has 0 bridgehead atoms. The monoisotopic (exact) mass is 322 g/mol. The number of aliphatic imine (C=N–C) groups is 1. The highest BCUT2D eigenvalue weighted by Crippen LogP contribution is 2.32. The Morgan fingerprint density at radius 3 is 2.67 bits per heavy atom. The fraction of sp³-hybridized carbons (Fsp3) is 0.300. The molecule has 4 heteroatoms. The first kappa shape index (κ1) is 17.7. The van der Waals surface area contributed by atoms with Gasteiger partial charge in [0.25, 0.3) is 0 Å². The van der Waals surface area contributed by atoms with Crippen molar-refractivity contribution in [2.24, 2.45) is 10.7 Å². The third-order valence-corrected chi connectivity index (χ3v) is 4.07. The van der Waals surface area contributed by atoms with Gasteiger partial charge < -0.3 is 10.6 Å². The van der Waals surface area contributed by atoms with Crippen LogP contribution in [0.2, 0.25) is 0 Å². The second-order valence-corrected chi connectivity index (χ2v) is 6.46. The normalized spacial score (nSPS) is 14.1. The summed E-state index contributed by atoms with van der Waals surface area (Å²) >= 11 is 0. The lowest BCUT2D eigenvalue weighted by atomic mass is 9.89. The van der Waals surface area contributed by atoms with Crippen molar-refractivity contribution in [3.8, 4) is 11.1 Å². The van der Waals surface area contributed by atoms with Crippen LogP contribution in [0.5, 0.6) is 0 Å². The molecule has 1 heterocycles. The fourth-order valence-corrected chi connectivity index (χ4v) is 2.58. The van der Waals surface area contributed by atoms with E-state index in [0.29, 0.717) is 12.4 Å². The Morgan fingerprint density at radius 1 is 1.29 bits per heavy atom. The minimum absolute atomic E-state index is 0.486. The van der Waals surface area contributed by atoms with Crippen LogP contribution in [0.25, 0.3) is 11.1 Å². The zero-order valence-corrected chi connectivity index (χ0v) is 15.0. The number of benzene rings is 1. The van der Waals surface area contributed by atoms with Crippen LogP contribution in [0, 0.1) is 6.92 Å². The number of aryl methyl sites for hydroxylation is 1. The molecule has 0 spiro atoms. The molecule has 0 radical (unpaired) electrons. The van der Waals surface area contributed by atoms with Gasteiger partial charge in [-0.15, -0.1) is 6.58 Å². The SMILES string of the molecule is C=CC[C@](C)(N=C(N)N(C)C)c1cncc(-c2cccc(C)c2)c1. The Balaban J connectivity index is 2.50. The number of hydrogen-bond acceptors (Lipinski definition) is 2. The van der Waals surface area contributed by atoms with Crippen LogP contribution in [0.1, 0.15) is 24.5 Å². The number of guanidine groups is 1.